The van der Waals surface area contributed by atoms with Crippen LogP contribution >= 0.6 is 0 Å². The quantitative estimate of drug-likeness (QED) is 0.0679. The minimum atomic E-state index is -0.274. The molecule has 4 atom stereocenters. The van der Waals surface area contributed by atoms with E-state index >= 15 is 0 Å². The Morgan fingerprint density at radius 3 is 2.22 bits per heavy atom. The Kier molecular flexibility index (Phi) is 17.7. The molecule has 6 heteroatoms. The van der Waals surface area contributed by atoms with Gasteiger partial charge >= 0.3 is 17.9 Å². The fraction of sp³-hybridized carbons (Fsp3) is 0.767. The summed E-state index contributed by atoms with van der Waals surface area (Å²) in [6.45, 7) is 5.13. The van der Waals surface area contributed by atoms with E-state index in [9.17, 15) is 14.4 Å². The van der Waals surface area contributed by atoms with Crippen molar-refractivity contribution in [3.05, 3.63) is 24.3 Å². The zero-order valence-corrected chi connectivity index (χ0v) is 23.2. The van der Waals surface area contributed by atoms with Gasteiger partial charge in [0.1, 0.15) is 12.2 Å². The summed E-state index contributed by atoms with van der Waals surface area (Å²) in [6.07, 6.45) is 23.1. The Labute approximate surface area is 219 Å². The molecule has 0 saturated heterocycles. The Balaban J connectivity index is 2.77. The van der Waals surface area contributed by atoms with Crippen molar-refractivity contribution < 1.29 is 28.6 Å². The van der Waals surface area contributed by atoms with Crippen LogP contribution in [-0.4, -0.2) is 37.2 Å². The fourth-order valence-corrected chi connectivity index (χ4v) is 5.12. The lowest BCUT2D eigenvalue weighted by Gasteiger charge is -2.30. The van der Waals surface area contributed by atoms with Crippen LogP contribution in [-0.2, 0) is 28.6 Å². The third-order valence-electron chi connectivity index (χ3n) is 6.97. The number of rotatable bonds is 17. The molecule has 0 aromatic carbocycles. The molecule has 0 radical (unpaired) electrons. The second-order valence-corrected chi connectivity index (χ2v) is 10.1. The molecule has 0 N–H and O–H groups in total. The molecule has 6 nitrogen and oxygen atoms in total. The van der Waals surface area contributed by atoms with Gasteiger partial charge in [-0.25, -0.2) is 0 Å². The monoisotopic (exact) mass is 506 g/mol. The molecule has 0 heterocycles. The summed E-state index contributed by atoms with van der Waals surface area (Å²) in [4.78, 5) is 34.9. The first-order valence-electron chi connectivity index (χ1n) is 14.1. The van der Waals surface area contributed by atoms with E-state index in [4.69, 9.17) is 14.2 Å². The van der Waals surface area contributed by atoms with Gasteiger partial charge in [-0.1, -0.05) is 76.5 Å². The van der Waals surface area contributed by atoms with E-state index in [0.717, 1.165) is 38.5 Å². The first-order chi connectivity index (χ1) is 17.4. The third-order valence-corrected chi connectivity index (χ3v) is 6.97. The lowest BCUT2D eigenvalue weighted by atomic mass is 9.81. The van der Waals surface area contributed by atoms with E-state index in [1.165, 1.54) is 59.5 Å². The molecule has 1 aliphatic rings. The van der Waals surface area contributed by atoms with Crippen LogP contribution in [0.25, 0.3) is 0 Å². The summed E-state index contributed by atoms with van der Waals surface area (Å²) in [5.41, 5.74) is 0. The van der Waals surface area contributed by atoms with Gasteiger partial charge in [0.15, 0.2) is 0 Å². The standard InChI is InChI=1S/C30H50O6/c1-5-6-7-8-9-12-19-27(35-24(2)31)20-15-14-18-26-17-11-10-13-21-28(26)29(36-25(3)32)22-16-23-30(33)34-4/h14-15,18,20,26-29H,5-13,16-17,19,21-23H2,1-4H3. The zero-order chi connectivity index (χ0) is 26.6. The van der Waals surface area contributed by atoms with Gasteiger partial charge in [-0.05, 0) is 50.5 Å². The molecule has 206 valence electrons. The number of hydrogen-bond acceptors (Lipinski definition) is 6. The summed E-state index contributed by atoms with van der Waals surface area (Å²) in [5, 5.41) is 0. The molecule has 1 saturated carbocycles. The molecule has 0 aromatic rings. The predicted octanol–water partition coefficient (Wildman–Crippen LogP) is 7.25. The average molecular weight is 507 g/mol. The number of allylic oxidation sites excluding steroid dienone is 3. The first kappa shape index (κ1) is 31.9. The Morgan fingerprint density at radius 2 is 1.53 bits per heavy atom. The van der Waals surface area contributed by atoms with Crippen LogP contribution in [0.5, 0.6) is 0 Å². The normalized spacial score (nSPS) is 20.1. The number of carbonyl (C=O) groups is 3. The molecular formula is C30H50O6. The van der Waals surface area contributed by atoms with Crippen LogP contribution in [0.15, 0.2) is 24.3 Å². The van der Waals surface area contributed by atoms with Gasteiger partial charge in [0.25, 0.3) is 0 Å². The largest absolute Gasteiger partial charge is 0.469 e. The van der Waals surface area contributed by atoms with E-state index < -0.39 is 0 Å². The first-order valence-corrected chi connectivity index (χ1v) is 14.1. The lowest BCUT2D eigenvalue weighted by Crippen LogP contribution is -2.31. The summed E-state index contributed by atoms with van der Waals surface area (Å²) in [5.74, 6) is -0.234. The summed E-state index contributed by atoms with van der Waals surface area (Å²) in [7, 11) is 1.39. The molecule has 0 bridgehead atoms. The van der Waals surface area contributed by atoms with Gasteiger partial charge in [0, 0.05) is 26.2 Å². The van der Waals surface area contributed by atoms with Crippen molar-refractivity contribution in [1.29, 1.82) is 0 Å². The smallest absolute Gasteiger partial charge is 0.305 e. The van der Waals surface area contributed by atoms with Crippen molar-refractivity contribution in [3.8, 4) is 0 Å². The molecule has 1 fully saturated rings. The maximum atomic E-state index is 11.8. The van der Waals surface area contributed by atoms with E-state index in [0.29, 0.717) is 25.2 Å². The third kappa shape index (κ3) is 15.1. The maximum absolute atomic E-state index is 11.8. The minimum Gasteiger partial charge on any atom is -0.469 e. The van der Waals surface area contributed by atoms with Crippen molar-refractivity contribution in [1.82, 2.24) is 0 Å². The summed E-state index contributed by atoms with van der Waals surface area (Å²) in [6, 6.07) is 0. The molecule has 1 aliphatic carbocycles. The number of unbranched alkanes of at least 4 members (excludes halogenated alkanes) is 5. The van der Waals surface area contributed by atoms with Gasteiger partial charge in [0.05, 0.1) is 7.11 Å². The Morgan fingerprint density at radius 1 is 0.833 bits per heavy atom. The van der Waals surface area contributed by atoms with E-state index in [1.807, 2.05) is 12.2 Å². The highest BCUT2D eigenvalue weighted by molar-refractivity contribution is 5.69. The van der Waals surface area contributed by atoms with Crippen LogP contribution in [0, 0.1) is 11.8 Å². The number of carbonyl (C=O) groups excluding carboxylic acids is 3. The van der Waals surface area contributed by atoms with Crippen LogP contribution in [0.3, 0.4) is 0 Å². The second-order valence-electron chi connectivity index (χ2n) is 10.1. The zero-order valence-electron chi connectivity index (χ0n) is 23.2. The SMILES string of the molecule is CCCCCCCCC(C=CC=CC1CCCCCC1C(CCCC(=O)OC)OC(C)=O)OC(C)=O. The van der Waals surface area contributed by atoms with Gasteiger partial charge in [-0.3, -0.25) is 14.4 Å². The summed E-state index contributed by atoms with van der Waals surface area (Å²) < 4.78 is 16.0. The van der Waals surface area contributed by atoms with Crippen LogP contribution < -0.4 is 0 Å². The van der Waals surface area contributed by atoms with Crippen molar-refractivity contribution in [2.75, 3.05) is 7.11 Å². The highest BCUT2D eigenvalue weighted by Gasteiger charge is 2.31. The van der Waals surface area contributed by atoms with E-state index in [2.05, 4.69) is 19.1 Å². The molecular weight excluding hydrogens is 456 g/mol. The van der Waals surface area contributed by atoms with Gasteiger partial charge in [-0.15, -0.1) is 0 Å². The van der Waals surface area contributed by atoms with Gasteiger partial charge < -0.3 is 14.2 Å². The van der Waals surface area contributed by atoms with Crippen LogP contribution in [0.1, 0.15) is 117 Å². The molecule has 0 spiro atoms. The van der Waals surface area contributed by atoms with Crippen LogP contribution in [0.2, 0.25) is 0 Å². The predicted molar refractivity (Wildman–Crippen MR) is 143 cm³/mol. The number of ether oxygens (including phenoxy) is 3. The Hall–Kier alpha value is -2.11. The molecule has 0 amide bonds. The molecule has 4 unspecified atom stereocenters. The van der Waals surface area contributed by atoms with Crippen molar-refractivity contribution >= 4 is 17.9 Å². The van der Waals surface area contributed by atoms with Crippen LogP contribution in [0.4, 0.5) is 0 Å². The van der Waals surface area contributed by atoms with Gasteiger partial charge in [-0.2, -0.15) is 0 Å². The lowest BCUT2D eigenvalue weighted by molar-refractivity contribution is -0.151. The molecule has 0 aliphatic heterocycles. The maximum Gasteiger partial charge on any atom is 0.305 e. The number of esters is 3. The molecule has 1 rings (SSSR count). The number of methoxy groups -OCH3 is 1. The highest BCUT2D eigenvalue weighted by Crippen LogP contribution is 2.35. The second kappa shape index (κ2) is 20.0. The average Bonchev–Trinajstić information content (AvgIpc) is 3.07. The molecule has 36 heavy (non-hydrogen) atoms. The van der Waals surface area contributed by atoms with Crippen molar-refractivity contribution in [2.45, 2.75) is 129 Å². The van der Waals surface area contributed by atoms with Gasteiger partial charge in [0.2, 0.25) is 0 Å². The number of hydrogen-bond donors (Lipinski definition) is 0. The van der Waals surface area contributed by atoms with Crippen molar-refractivity contribution in [2.24, 2.45) is 11.8 Å². The Bertz CT molecular complexity index is 683. The minimum absolute atomic E-state index is 0.199. The van der Waals surface area contributed by atoms with E-state index in [-0.39, 0.29) is 36.0 Å². The highest BCUT2D eigenvalue weighted by atomic mass is 16.5. The van der Waals surface area contributed by atoms with Crippen molar-refractivity contribution in [3.63, 3.8) is 0 Å². The molecule has 0 aromatic heterocycles. The van der Waals surface area contributed by atoms with E-state index in [1.54, 1.807) is 0 Å². The fourth-order valence-electron chi connectivity index (χ4n) is 5.12. The topological polar surface area (TPSA) is 78.9 Å². The summed E-state index contributed by atoms with van der Waals surface area (Å²) >= 11 is 0.